The maximum absolute atomic E-state index is 12.1. The van der Waals surface area contributed by atoms with E-state index in [9.17, 15) is 9.59 Å². The van der Waals surface area contributed by atoms with Crippen LogP contribution in [-0.4, -0.2) is 22.1 Å². The van der Waals surface area contributed by atoms with Crippen LogP contribution in [0.25, 0.3) is 11.7 Å². The molecule has 26 heavy (non-hydrogen) atoms. The van der Waals surface area contributed by atoms with E-state index in [-0.39, 0.29) is 30.7 Å². The third-order valence-corrected chi connectivity index (χ3v) is 3.51. The molecule has 8 heteroatoms. The van der Waals surface area contributed by atoms with Crippen molar-refractivity contribution < 1.29 is 23.2 Å². The van der Waals surface area contributed by atoms with Crippen molar-refractivity contribution in [2.24, 2.45) is 0 Å². The van der Waals surface area contributed by atoms with E-state index in [0.29, 0.717) is 5.76 Å². The summed E-state index contributed by atoms with van der Waals surface area (Å²) in [4.78, 5) is 23.5. The molecule has 1 atom stereocenters. The number of ether oxygens (including phenoxy) is 1. The highest BCUT2D eigenvalue weighted by Crippen LogP contribution is 2.19. The van der Waals surface area contributed by atoms with Crippen LogP contribution in [0, 0.1) is 0 Å². The van der Waals surface area contributed by atoms with Crippen LogP contribution >= 0.6 is 0 Å². The van der Waals surface area contributed by atoms with Gasteiger partial charge in [-0.15, -0.1) is 10.2 Å². The zero-order valence-electron chi connectivity index (χ0n) is 14.0. The minimum atomic E-state index is -0.495. The van der Waals surface area contributed by atoms with Crippen molar-refractivity contribution in [1.82, 2.24) is 15.5 Å². The van der Waals surface area contributed by atoms with Crippen molar-refractivity contribution in [2.75, 3.05) is 0 Å². The molecule has 2 heterocycles. The number of esters is 1. The molecule has 1 amide bonds. The average molecular weight is 355 g/mol. The van der Waals surface area contributed by atoms with E-state index in [2.05, 4.69) is 15.5 Å². The standard InChI is InChI=1S/C18H17N3O5/c1-12(22)19-14(13-6-3-2-4-7-13)10-17(23)25-11-16-20-21-18(26-16)15-8-5-9-24-15/h2-9,14H,10-11H2,1H3,(H,19,22)/t14-/m1/s1. The summed E-state index contributed by atoms with van der Waals surface area (Å²) in [6, 6.07) is 12.1. The molecule has 0 saturated carbocycles. The molecule has 1 aromatic carbocycles. The molecular weight excluding hydrogens is 338 g/mol. The second-order valence-electron chi connectivity index (χ2n) is 5.51. The number of rotatable bonds is 7. The Morgan fingerprint density at radius 3 is 2.65 bits per heavy atom. The molecule has 0 spiro atoms. The minimum Gasteiger partial charge on any atom is -0.459 e. The minimum absolute atomic E-state index is 0.0111. The van der Waals surface area contributed by atoms with Gasteiger partial charge in [-0.2, -0.15) is 0 Å². The van der Waals surface area contributed by atoms with Crippen LogP contribution in [0.4, 0.5) is 0 Å². The fourth-order valence-electron chi connectivity index (χ4n) is 2.36. The Bertz CT molecular complexity index is 858. The van der Waals surface area contributed by atoms with Gasteiger partial charge in [0.2, 0.25) is 5.91 Å². The molecule has 0 bridgehead atoms. The van der Waals surface area contributed by atoms with Gasteiger partial charge in [-0.25, -0.2) is 0 Å². The van der Waals surface area contributed by atoms with Gasteiger partial charge in [0.1, 0.15) is 0 Å². The molecule has 1 N–H and O–H groups in total. The summed E-state index contributed by atoms with van der Waals surface area (Å²) >= 11 is 0. The summed E-state index contributed by atoms with van der Waals surface area (Å²) in [6.45, 7) is 1.24. The zero-order valence-corrected chi connectivity index (χ0v) is 14.0. The smallest absolute Gasteiger partial charge is 0.308 e. The molecule has 8 nitrogen and oxygen atoms in total. The van der Waals surface area contributed by atoms with Gasteiger partial charge >= 0.3 is 5.97 Å². The lowest BCUT2D eigenvalue weighted by molar-refractivity contribution is -0.146. The highest BCUT2D eigenvalue weighted by Gasteiger charge is 2.19. The molecule has 0 aliphatic carbocycles. The van der Waals surface area contributed by atoms with E-state index in [1.54, 1.807) is 12.1 Å². The van der Waals surface area contributed by atoms with Gasteiger partial charge in [0.25, 0.3) is 11.8 Å². The largest absolute Gasteiger partial charge is 0.459 e. The SMILES string of the molecule is CC(=O)N[C@H](CC(=O)OCc1nnc(-c2ccco2)o1)c1ccccc1. The monoisotopic (exact) mass is 355 g/mol. The van der Waals surface area contributed by atoms with Gasteiger partial charge in [0.05, 0.1) is 18.7 Å². The number of hydrogen-bond acceptors (Lipinski definition) is 7. The first-order chi connectivity index (χ1) is 12.6. The van der Waals surface area contributed by atoms with Gasteiger partial charge < -0.3 is 18.9 Å². The summed E-state index contributed by atoms with van der Waals surface area (Å²) in [6.07, 6.45) is 1.48. The van der Waals surface area contributed by atoms with Crippen molar-refractivity contribution in [3.63, 3.8) is 0 Å². The Kier molecular flexibility index (Phi) is 5.43. The molecule has 0 fully saturated rings. The first-order valence-corrected chi connectivity index (χ1v) is 7.96. The molecule has 0 radical (unpaired) electrons. The predicted octanol–water partition coefficient (Wildman–Crippen LogP) is 2.64. The molecule has 0 aliphatic rings. The van der Waals surface area contributed by atoms with Gasteiger partial charge in [-0.05, 0) is 17.7 Å². The highest BCUT2D eigenvalue weighted by atomic mass is 16.5. The maximum atomic E-state index is 12.1. The molecule has 0 unspecified atom stereocenters. The zero-order chi connectivity index (χ0) is 18.4. The molecule has 3 rings (SSSR count). The second-order valence-corrected chi connectivity index (χ2v) is 5.51. The Hall–Kier alpha value is -3.42. The fourth-order valence-corrected chi connectivity index (χ4v) is 2.36. The maximum Gasteiger partial charge on any atom is 0.308 e. The average Bonchev–Trinajstić information content (AvgIpc) is 3.31. The van der Waals surface area contributed by atoms with Gasteiger partial charge in [-0.3, -0.25) is 9.59 Å². The number of hydrogen-bond donors (Lipinski definition) is 1. The van der Waals surface area contributed by atoms with Crippen molar-refractivity contribution in [2.45, 2.75) is 26.0 Å². The van der Waals surface area contributed by atoms with E-state index in [1.165, 1.54) is 13.2 Å². The lowest BCUT2D eigenvalue weighted by Gasteiger charge is -2.17. The van der Waals surface area contributed by atoms with E-state index < -0.39 is 12.0 Å². The van der Waals surface area contributed by atoms with Crippen LogP contribution in [-0.2, 0) is 20.9 Å². The van der Waals surface area contributed by atoms with E-state index in [0.717, 1.165) is 5.56 Å². The Labute approximate surface area is 149 Å². The second kappa shape index (κ2) is 8.11. The number of aromatic nitrogens is 2. The molecule has 3 aromatic rings. The summed E-state index contributed by atoms with van der Waals surface area (Å²) in [5.74, 6) is 0.0730. The van der Waals surface area contributed by atoms with Crippen molar-refractivity contribution in [1.29, 1.82) is 0 Å². The summed E-state index contributed by atoms with van der Waals surface area (Å²) < 4.78 is 15.7. The molecule has 134 valence electrons. The summed E-state index contributed by atoms with van der Waals surface area (Å²) in [5, 5.41) is 10.4. The van der Waals surface area contributed by atoms with Crippen LogP contribution in [0.15, 0.2) is 57.6 Å². The molecule has 2 aromatic heterocycles. The number of furan rings is 1. The van der Waals surface area contributed by atoms with Crippen molar-refractivity contribution in [3.05, 3.63) is 60.2 Å². The number of carbonyl (C=O) groups is 2. The number of benzene rings is 1. The number of nitrogens with zero attached hydrogens (tertiary/aromatic N) is 2. The Morgan fingerprint density at radius 1 is 1.15 bits per heavy atom. The third-order valence-electron chi connectivity index (χ3n) is 3.51. The number of carbonyl (C=O) groups excluding carboxylic acids is 2. The first kappa shape index (κ1) is 17.4. The van der Waals surface area contributed by atoms with E-state index >= 15 is 0 Å². The highest BCUT2D eigenvalue weighted by molar-refractivity contribution is 5.76. The van der Waals surface area contributed by atoms with Crippen LogP contribution in [0.3, 0.4) is 0 Å². The number of nitrogens with one attached hydrogen (secondary N) is 1. The fraction of sp³-hybridized carbons (Fsp3) is 0.222. The van der Waals surface area contributed by atoms with Crippen molar-refractivity contribution >= 4 is 11.9 Å². The van der Waals surface area contributed by atoms with E-state index in [1.807, 2.05) is 30.3 Å². The van der Waals surface area contributed by atoms with Gasteiger partial charge in [0, 0.05) is 6.92 Å². The summed E-state index contributed by atoms with van der Waals surface area (Å²) in [7, 11) is 0. The predicted molar refractivity (Wildman–Crippen MR) is 89.4 cm³/mol. The third kappa shape index (κ3) is 4.56. The van der Waals surface area contributed by atoms with Crippen LogP contribution in [0.5, 0.6) is 0 Å². The topological polar surface area (TPSA) is 107 Å². The molecule has 0 saturated heterocycles. The van der Waals surface area contributed by atoms with Gasteiger partial charge in [0.15, 0.2) is 12.4 Å². The lowest BCUT2D eigenvalue weighted by Crippen LogP contribution is -2.28. The Balaban J connectivity index is 1.57. The normalized spacial score (nSPS) is 11.7. The first-order valence-electron chi connectivity index (χ1n) is 7.96. The van der Waals surface area contributed by atoms with Gasteiger partial charge in [-0.1, -0.05) is 30.3 Å². The molecular formula is C18H17N3O5. The summed E-state index contributed by atoms with van der Waals surface area (Å²) in [5.41, 5.74) is 0.817. The van der Waals surface area contributed by atoms with Crippen molar-refractivity contribution in [3.8, 4) is 11.7 Å². The Morgan fingerprint density at radius 2 is 1.96 bits per heavy atom. The lowest BCUT2D eigenvalue weighted by atomic mass is 10.0. The van der Waals surface area contributed by atoms with Crippen LogP contribution in [0.1, 0.15) is 30.8 Å². The van der Waals surface area contributed by atoms with E-state index in [4.69, 9.17) is 13.6 Å². The van der Waals surface area contributed by atoms with Crippen LogP contribution < -0.4 is 5.32 Å². The van der Waals surface area contributed by atoms with Crippen LogP contribution in [0.2, 0.25) is 0 Å². The number of amides is 1. The molecule has 0 aliphatic heterocycles. The quantitative estimate of drug-likeness (QED) is 0.649.